The van der Waals surface area contributed by atoms with Gasteiger partial charge in [0.2, 0.25) is 10.8 Å². The van der Waals surface area contributed by atoms with Gasteiger partial charge >= 0.3 is 0 Å². The van der Waals surface area contributed by atoms with Crippen LogP contribution in [0.5, 0.6) is 5.88 Å². The highest BCUT2D eigenvalue weighted by molar-refractivity contribution is 7.17. The maximum atomic E-state index is 10.7. The van der Waals surface area contributed by atoms with Gasteiger partial charge in [-0.15, -0.1) is 5.10 Å². The molecule has 23 heavy (non-hydrogen) atoms. The third-order valence-electron chi connectivity index (χ3n) is 4.24. The number of aryl methyl sites for hydroxylation is 1. The molecular formula is C16H19N4O2S+. The van der Waals surface area contributed by atoms with Crippen LogP contribution < -0.4 is 4.90 Å². The number of aromatic hydroxyl groups is 1. The number of morpholine rings is 1. The zero-order valence-electron chi connectivity index (χ0n) is 12.9. The van der Waals surface area contributed by atoms with Gasteiger partial charge in [-0.25, -0.2) is 4.98 Å². The molecule has 1 aliphatic rings. The van der Waals surface area contributed by atoms with Crippen LogP contribution in [0.2, 0.25) is 0 Å². The van der Waals surface area contributed by atoms with E-state index in [1.54, 1.807) is 4.52 Å². The fourth-order valence-electron chi connectivity index (χ4n) is 3.18. The molecule has 6 nitrogen and oxygen atoms in total. The smallest absolute Gasteiger partial charge is 0.235 e. The van der Waals surface area contributed by atoms with E-state index >= 15 is 0 Å². The molecule has 120 valence electrons. The third kappa shape index (κ3) is 2.60. The molecule has 0 amide bonds. The summed E-state index contributed by atoms with van der Waals surface area (Å²) in [4.78, 5) is 7.45. The van der Waals surface area contributed by atoms with Crippen molar-refractivity contribution in [2.45, 2.75) is 13.0 Å². The van der Waals surface area contributed by atoms with Gasteiger partial charge in [0.15, 0.2) is 6.04 Å². The van der Waals surface area contributed by atoms with Crippen molar-refractivity contribution in [2.75, 3.05) is 26.3 Å². The molecule has 2 aromatic heterocycles. The molecule has 2 N–H and O–H groups in total. The standard InChI is InChI=1S/C16H18N4O2S/c1-11-17-16-20(18-11)15(21)14(23-16)13(12-5-3-2-4-6-12)19-7-9-22-10-8-19/h2-6,13,21H,7-10H2,1H3/p+1/t13-/m1/s1. The molecule has 0 radical (unpaired) electrons. The number of nitrogens with zero attached hydrogens (tertiary/aromatic N) is 3. The van der Waals surface area contributed by atoms with Gasteiger partial charge in [0.05, 0.1) is 13.2 Å². The summed E-state index contributed by atoms with van der Waals surface area (Å²) in [6, 6.07) is 10.4. The first kappa shape index (κ1) is 14.6. The molecule has 0 spiro atoms. The minimum absolute atomic E-state index is 0.0777. The van der Waals surface area contributed by atoms with Crippen molar-refractivity contribution >= 4 is 16.3 Å². The van der Waals surface area contributed by atoms with Crippen LogP contribution in [-0.2, 0) is 4.74 Å². The van der Waals surface area contributed by atoms with Gasteiger partial charge in [0.1, 0.15) is 23.8 Å². The Hall–Kier alpha value is -1.96. The lowest BCUT2D eigenvalue weighted by Crippen LogP contribution is -3.14. The molecule has 0 bridgehead atoms. The van der Waals surface area contributed by atoms with Crippen LogP contribution in [-0.4, -0.2) is 46.0 Å². The molecule has 3 heterocycles. The highest BCUT2D eigenvalue weighted by Crippen LogP contribution is 2.34. The first-order valence-electron chi connectivity index (χ1n) is 7.76. The van der Waals surface area contributed by atoms with Gasteiger partial charge in [-0.3, -0.25) is 0 Å². The normalized spacial score (nSPS) is 17.6. The first-order valence-corrected chi connectivity index (χ1v) is 8.58. The maximum Gasteiger partial charge on any atom is 0.235 e. The van der Waals surface area contributed by atoms with Gasteiger partial charge in [-0.2, -0.15) is 4.52 Å². The minimum atomic E-state index is 0.0777. The molecule has 4 rings (SSSR count). The molecule has 3 aromatic rings. The number of ether oxygens (including phenoxy) is 1. The fourth-order valence-corrected chi connectivity index (χ4v) is 4.36. The minimum Gasteiger partial charge on any atom is -0.492 e. The second-order valence-corrected chi connectivity index (χ2v) is 6.77. The van der Waals surface area contributed by atoms with Crippen LogP contribution in [0.25, 0.3) is 4.96 Å². The van der Waals surface area contributed by atoms with E-state index in [0.29, 0.717) is 5.82 Å². The van der Waals surface area contributed by atoms with Crippen molar-refractivity contribution in [3.63, 3.8) is 0 Å². The lowest BCUT2D eigenvalue weighted by atomic mass is 10.0. The molecule has 1 saturated heterocycles. The Balaban J connectivity index is 1.82. The summed E-state index contributed by atoms with van der Waals surface area (Å²) < 4.78 is 7.05. The van der Waals surface area contributed by atoms with E-state index in [0.717, 1.165) is 36.1 Å². The topological polar surface area (TPSA) is 64.1 Å². The second kappa shape index (κ2) is 5.92. The number of fused-ring (bicyclic) bond motifs is 1. The summed E-state index contributed by atoms with van der Waals surface area (Å²) in [5.41, 5.74) is 1.20. The molecule has 0 unspecified atom stereocenters. The highest BCUT2D eigenvalue weighted by Gasteiger charge is 2.33. The Labute approximate surface area is 138 Å². The number of rotatable bonds is 3. The lowest BCUT2D eigenvalue weighted by molar-refractivity contribution is -0.932. The SMILES string of the molecule is Cc1nc2sc([C@@H](c3ccccc3)[NH+]3CCOCC3)c(O)n2n1. The number of hydrogen-bond acceptors (Lipinski definition) is 5. The summed E-state index contributed by atoms with van der Waals surface area (Å²) in [6.07, 6.45) is 0. The number of nitrogens with one attached hydrogen (secondary N) is 1. The molecule has 1 atom stereocenters. The van der Waals surface area contributed by atoms with Crippen LogP contribution in [0.1, 0.15) is 22.3 Å². The number of benzene rings is 1. The largest absolute Gasteiger partial charge is 0.492 e. The average molecular weight is 331 g/mol. The van der Waals surface area contributed by atoms with Crippen LogP contribution in [0, 0.1) is 6.92 Å². The van der Waals surface area contributed by atoms with E-state index in [-0.39, 0.29) is 11.9 Å². The van der Waals surface area contributed by atoms with Crippen LogP contribution in [0.15, 0.2) is 30.3 Å². The monoisotopic (exact) mass is 331 g/mol. The highest BCUT2D eigenvalue weighted by atomic mass is 32.1. The van der Waals surface area contributed by atoms with Crippen LogP contribution in [0.4, 0.5) is 0 Å². The maximum absolute atomic E-state index is 10.7. The quantitative estimate of drug-likeness (QED) is 0.745. The average Bonchev–Trinajstić information content (AvgIpc) is 3.08. The van der Waals surface area contributed by atoms with Gasteiger partial charge in [0.25, 0.3) is 0 Å². The predicted molar refractivity (Wildman–Crippen MR) is 87.1 cm³/mol. The van der Waals surface area contributed by atoms with E-state index < -0.39 is 0 Å². The van der Waals surface area contributed by atoms with Crippen molar-refractivity contribution in [3.8, 4) is 5.88 Å². The van der Waals surface area contributed by atoms with Gasteiger partial charge in [-0.05, 0) is 6.92 Å². The van der Waals surface area contributed by atoms with E-state index in [1.807, 2.05) is 25.1 Å². The number of aromatic nitrogens is 3. The molecule has 0 saturated carbocycles. The number of hydrogen-bond donors (Lipinski definition) is 2. The Morgan fingerprint density at radius 1 is 1.26 bits per heavy atom. The molecule has 1 aliphatic heterocycles. The lowest BCUT2D eigenvalue weighted by Gasteiger charge is -2.31. The van der Waals surface area contributed by atoms with Gasteiger partial charge < -0.3 is 14.7 Å². The van der Waals surface area contributed by atoms with Crippen molar-refractivity contribution in [1.82, 2.24) is 14.6 Å². The number of quaternary nitrogens is 1. The van der Waals surface area contributed by atoms with Crippen molar-refractivity contribution < 1.29 is 14.7 Å². The molecule has 1 aromatic carbocycles. The van der Waals surface area contributed by atoms with Crippen LogP contribution in [0.3, 0.4) is 0 Å². The Kier molecular flexibility index (Phi) is 3.76. The summed E-state index contributed by atoms with van der Waals surface area (Å²) >= 11 is 1.52. The Morgan fingerprint density at radius 3 is 2.70 bits per heavy atom. The van der Waals surface area contributed by atoms with E-state index in [4.69, 9.17) is 4.74 Å². The Bertz CT molecular complexity index is 808. The zero-order chi connectivity index (χ0) is 15.8. The van der Waals surface area contributed by atoms with E-state index in [2.05, 4.69) is 22.2 Å². The fraction of sp³-hybridized carbons (Fsp3) is 0.375. The molecule has 1 fully saturated rings. The summed E-state index contributed by atoms with van der Waals surface area (Å²) in [7, 11) is 0. The summed E-state index contributed by atoms with van der Waals surface area (Å²) in [5.74, 6) is 0.881. The summed E-state index contributed by atoms with van der Waals surface area (Å²) in [5, 5.41) is 15.0. The molecule has 7 heteroatoms. The van der Waals surface area contributed by atoms with Crippen molar-refractivity contribution in [3.05, 3.63) is 46.6 Å². The Morgan fingerprint density at radius 2 is 2.00 bits per heavy atom. The molecular weight excluding hydrogens is 312 g/mol. The van der Waals surface area contributed by atoms with Gasteiger partial charge in [0, 0.05) is 5.56 Å². The number of thiazole rings is 1. The zero-order valence-corrected chi connectivity index (χ0v) is 13.7. The second-order valence-electron chi connectivity index (χ2n) is 5.76. The van der Waals surface area contributed by atoms with Crippen LogP contribution >= 0.6 is 11.3 Å². The molecule has 0 aliphatic carbocycles. The first-order chi connectivity index (χ1) is 11.2. The third-order valence-corrected chi connectivity index (χ3v) is 5.33. The van der Waals surface area contributed by atoms with Gasteiger partial charge in [-0.1, -0.05) is 41.7 Å². The van der Waals surface area contributed by atoms with Crippen molar-refractivity contribution in [2.24, 2.45) is 0 Å². The van der Waals surface area contributed by atoms with E-state index in [1.165, 1.54) is 21.8 Å². The predicted octanol–water partition coefficient (Wildman–Crippen LogP) is 0.809. The summed E-state index contributed by atoms with van der Waals surface area (Å²) in [6.45, 7) is 5.18. The van der Waals surface area contributed by atoms with Crippen molar-refractivity contribution in [1.29, 1.82) is 0 Å². The van der Waals surface area contributed by atoms with E-state index in [9.17, 15) is 5.11 Å².